The highest BCUT2D eigenvalue weighted by atomic mass is 127. The molecule has 0 N–H and O–H groups in total. The molecule has 0 aliphatic carbocycles. The molecule has 0 bridgehead atoms. The van der Waals surface area contributed by atoms with Gasteiger partial charge in [0.05, 0.1) is 5.02 Å². The first-order chi connectivity index (χ1) is 8.91. The number of hydrogen-bond acceptors (Lipinski definition) is 1. The van der Waals surface area contributed by atoms with Gasteiger partial charge in [-0.25, -0.2) is 4.39 Å². The van der Waals surface area contributed by atoms with E-state index in [2.05, 4.69) is 52.1 Å². The third kappa shape index (κ3) is 3.44. The maximum atomic E-state index is 14.0. The molecule has 5 heteroatoms. The second-order valence-electron chi connectivity index (χ2n) is 4.38. The van der Waals surface area contributed by atoms with Crippen molar-refractivity contribution in [3.63, 3.8) is 0 Å². The first-order valence-electron chi connectivity index (χ1n) is 5.78. The highest BCUT2D eigenvalue weighted by Crippen LogP contribution is 2.32. The molecule has 0 saturated carbocycles. The van der Waals surface area contributed by atoms with Crippen LogP contribution in [0, 0.1) is 26.8 Å². The molecule has 0 saturated heterocycles. The van der Waals surface area contributed by atoms with Gasteiger partial charge in [0.2, 0.25) is 0 Å². The Morgan fingerprint density at radius 1 is 1.16 bits per heavy atom. The number of aryl methyl sites for hydroxylation is 4. The minimum Gasteiger partial charge on any atom is -0.205 e. The van der Waals surface area contributed by atoms with Crippen LogP contribution in [0.4, 0.5) is 4.39 Å². The molecule has 0 unspecified atom stereocenters. The van der Waals surface area contributed by atoms with Gasteiger partial charge in [-0.1, -0.05) is 23.7 Å². The molecule has 102 valence electrons. The van der Waals surface area contributed by atoms with Gasteiger partial charge in [-0.15, -0.1) is 11.3 Å². The molecule has 0 amide bonds. The molecule has 2 aromatic rings. The zero-order chi connectivity index (χ0) is 14.2. The highest BCUT2D eigenvalue weighted by molar-refractivity contribution is 14.1. The van der Waals surface area contributed by atoms with Crippen LogP contribution in [-0.2, 0) is 12.8 Å². The second kappa shape index (κ2) is 6.58. The molecule has 0 fully saturated rings. The normalized spacial score (nSPS) is 11.1. The predicted molar refractivity (Wildman–Crippen MR) is 98.0 cm³/mol. The van der Waals surface area contributed by atoms with E-state index in [4.69, 9.17) is 11.6 Å². The SMILES string of the molecule is Cc1ccc(CCc2sc(C)c(I)c2I)c(F)c1Cl. The van der Waals surface area contributed by atoms with Crippen LogP contribution in [0.15, 0.2) is 12.1 Å². The fraction of sp³-hybridized carbons (Fsp3) is 0.286. The fourth-order valence-corrected chi connectivity index (χ4v) is 5.01. The van der Waals surface area contributed by atoms with E-state index < -0.39 is 0 Å². The van der Waals surface area contributed by atoms with E-state index >= 15 is 0 Å². The molecule has 0 spiro atoms. The number of benzene rings is 1. The number of hydrogen-bond donors (Lipinski definition) is 0. The third-order valence-electron chi connectivity index (χ3n) is 3.00. The maximum Gasteiger partial charge on any atom is 0.145 e. The zero-order valence-electron chi connectivity index (χ0n) is 10.5. The lowest BCUT2D eigenvalue weighted by Crippen LogP contribution is -1.96. The smallest absolute Gasteiger partial charge is 0.145 e. The van der Waals surface area contributed by atoms with Crippen LogP contribution in [0.1, 0.15) is 20.9 Å². The monoisotopic (exact) mass is 520 g/mol. The molecule has 1 aromatic carbocycles. The van der Waals surface area contributed by atoms with Crippen molar-refractivity contribution in [3.8, 4) is 0 Å². The van der Waals surface area contributed by atoms with Crippen molar-refractivity contribution in [2.75, 3.05) is 0 Å². The van der Waals surface area contributed by atoms with Crippen LogP contribution in [-0.4, -0.2) is 0 Å². The molecule has 0 atom stereocenters. The Bertz CT molecular complexity index is 622. The lowest BCUT2D eigenvalue weighted by atomic mass is 10.1. The van der Waals surface area contributed by atoms with Gasteiger partial charge in [0.15, 0.2) is 0 Å². The molecule has 2 rings (SSSR count). The minimum atomic E-state index is -0.264. The average Bonchev–Trinajstić information content (AvgIpc) is 2.63. The van der Waals surface area contributed by atoms with E-state index in [1.807, 2.05) is 19.1 Å². The van der Waals surface area contributed by atoms with E-state index in [1.165, 1.54) is 16.9 Å². The minimum absolute atomic E-state index is 0.254. The summed E-state index contributed by atoms with van der Waals surface area (Å²) in [6, 6.07) is 3.73. The Hall–Kier alpha value is 0.600. The van der Waals surface area contributed by atoms with Crippen LogP contribution < -0.4 is 0 Å². The Morgan fingerprint density at radius 3 is 2.42 bits per heavy atom. The predicted octanol–water partition coefficient (Wildman–Crippen LogP) is 6.15. The van der Waals surface area contributed by atoms with Gasteiger partial charge >= 0.3 is 0 Å². The quantitative estimate of drug-likeness (QED) is 0.426. The van der Waals surface area contributed by atoms with Gasteiger partial charge in [0.1, 0.15) is 5.82 Å². The van der Waals surface area contributed by atoms with Crippen molar-refractivity contribution in [2.45, 2.75) is 26.7 Å². The summed E-state index contributed by atoms with van der Waals surface area (Å²) in [5.41, 5.74) is 1.49. The number of thiophene rings is 1. The van der Waals surface area contributed by atoms with Crippen molar-refractivity contribution < 1.29 is 4.39 Å². The van der Waals surface area contributed by atoms with Crippen molar-refractivity contribution >= 4 is 68.1 Å². The summed E-state index contributed by atoms with van der Waals surface area (Å²) in [5.74, 6) is -0.264. The Morgan fingerprint density at radius 2 is 1.84 bits per heavy atom. The Balaban J connectivity index is 2.19. The van der Waals surface area contributed by atoms with E-state index in [-0.39, 0.29) is 10.8 Å². The molecule has 19 heavy (non-hydrogen) atoms. The van der Waals surface area contributed by atoms with Gasteiger partial charge in [0, 0.05) is 16.9 Å². The highest BCUT2D eigenvalue weighted by Gasteiger charge is 2.13. The van der Waals surface area contributed by atoms with E-state index in [9.17, 15) is 4.39 Å². The molecule has 0 aliphatic rings. The molecular weight excluding hydrogens is 508 g/mol. The molecular formula is C14H12ClFI2S. The van der Waals surface area contributed by atoms with Crippen LogP contribution >= 0.6 is 68.1 Å². The average molecular weight is 521 g/mol. The molecule has 0 radical (unpaired) electrons. The lowest BCUT2D eigenvalue weighted by molar-refractivity contribution is 0.608. The van der Waals surface area contributed by atoms with Gasteiger partial charge < -0.3 is 0 Å². The van der Waals surface area contributed by atoms with Crippen LogP contribution in [0.2, 0.25) is 5.02 Å². The van der Waals surface area contributed by atoms with Crippen molar-refractivity contribution in [2.24, 2.45) is 0 Å². The van der Waals surface area contributed by atoms with Crippen LogP contribution in [0.25, 0.3) is 0 Å². The molecule has 0 nitrogen and oxygen atoms in total. The number of rotatable bonds is 3. The van der Waals surface area contributed by atoms with E-state index in [0.29, 0.717) is 12.0 Å². The first-order valence-corrected chi connectivity index (χ1v) is 9.13. The van der Waals surface area contributed by atoms with Gasteiger partial charge in [-0.05, 0) is 83.0 Å². The van der Waals surface area contributed by atoms with E-state index in [1.54, 1.807) is 11.3 Å². The molecule has 0 aliphatic heterocycles. The van der Waals surface area contributed by atoms with Crippen molar-refractivity contribution in [3.05, 3.63) is 51.0 Å². The van der Waals surface area contributed by atoms with E-state index in [0.717, 1.165) is 12.0 Å². The summed E-state index contributed by atoms with van der Waals surface area (Å²) in [5, 5.41) is 0.254. The fourth-order valence-electron chi connectivity index (χ4n) is 1.84. The molecule has 1 aromatic heterocycles. The van der Waals surface area contributed by atoms with Crippen LogP contribution in [0.5, 0.6) is 0 Å². The lowest BCUT2D eigenvalue weighted by Gasteiger charge is -2.06. The topological polar surface area (TPSA) is 0 Å². The largest absolute Gasteiger partial charge is 0.205 e. The Labute approximate surface area is 149 Å². The number of halogens is 4. The molecule has 1 heterocycles. The van der Waals surface area contributed by atoms with Gasteiger partial charge in [0.25, 0.3) is 0 Å². The summed E-state index contributed by atoms with van der Waals surface area (Å²) >= 11 is 12.5. The summed E-state index contributed by atoms with van der Waals surface area (Å²) in [6.07, 6.45) is 1.56. The van der Waals surface area contributed by atoms with Crippen LogP contribution in [0.3, 0.4) is 0 Å². The first kappa shape index (κ1) is 16.0. The summed E-state index contributed by atoms with van der Waals surface area (Å²) in [6.45, 7) is 3.95. The summed E-state index contributed by atoms with van der Waals surface area (Å²) in [4.78, 5) is 2.67. The van der Waals surface area contributed by atoms with Gasteiger partial charge in [-0.3, -0.25) is 0 Å². The third-order valence-corrected chi connectivity index (χ3v) is 8.93. The zero-order valence-corrected chi connectivity index (χ0v) is 16.4. The van der Waals surface area contributed by atoms with Gasteiger partial charge in [-0.2, -0.15) is 0 Å². The van der Waals surface area contributed by atoms with Crippen molar-refractivity contribution in [1.82, 2.24) is 0 Å². The second-order valence-corrected chi connectivity index (χ2v) is 8.22. The van der Waals surface area contributed by atoms with Crippen molar-refractivity contribution in [1.29, 1.82) is 0 Å². The standard InChI is InChI=1S/C14H12ClFI2S/c1-7-3-4-9(12(16)11(7)15)5-6-10-14(18)13(17)8(2)19-10/h3-4H,5-6H2,1-2H3. The summed E-state index contributed by atoms with van der Waals surface area (Å²) in [7, 11) is 0. The Kier molecular flexibility index (Phi) is 5.53. The maximum absolute atomic E-state index is 14.0. The summed E-state index contributed by atoms with van der Waals surface area (Å²) < 4.78 is 16.6.